The van der Waals surface area contributed by atoms with Gasteiger partial charge in [-0.05, 0) is 0 Å². The molecule has 1 heterocycles. The molecule has 0 radical (unpaired) electrons. The van der Waals surface area contributed by atoms with Crippen LogP contribution in [0.5, 0.6) is 0 Å². The molecule has 1 aromatic heterocycles. The van der Waals surface area contributed by atoms with Crippen LogP contribution in [-0.2, 0) is 37.8 Å². The Kier molecular flexibility index (Phi) is 5.17. The Morgan fingerprint density at radius 3 is 2.53 bits per heavy atom. The molecular formula is C3H6N4O6SZr. The first-order valence-corrected chi connectivity index (χ1v) is 7.55. The third-order valence-electron chi connectivity index (χ3n) is 0.973. The van der Waals surface area contributed by atoms with Crippen LogP contribution < -0.4 is 5.73 Å². The standard InChI is InChI=1S/C3H4N4O3S.2H2O.O.Zr/c4-2-5-1-6-3(7-2)11(8,9)10;;;;/h1H,(H,8,9,10)(H2,4,5,6,7);2*1H2;;/q;;;;+2/p-2. The van der Waals surface area contributed by atoms with Gasteiger partial charge in [-0.3, -0.25) is 0 Å². The van der Waals surface area contributed by atoms with Crippen LogP contribution in [0.25, 0.3) is 0 Å². The second-order valence-corrected chi connectivity index (χ2v) is 5.91. The quantitative estimate of drug-likeness (QED) is 0.592. The molecule has 0 spiro atoms. The zero-order chi connectivity index (χ0) is 10.8. The molecule has 0 aromatic carbocycles. The molecule has 0 aliphatic heterocycles. The first kappa shape index (κ1) is 14.3. The number of nitrogens with two attached hydrogens (primary N) is 1. The Hall–Kier alpha value is -0.677. The van der Waals surface area contributed by atoms with Gasteiger partial charge in [-0.15, -0.1) is 0 Å². The van der Waals surface area contributed by atoms with Crippen molar-refractivity contribution in [2.24, 2.45) is 0 Å². The van der Waals surface area contributed by atoms with Crippen molar-refractivity contribution in [3.8, 4) is 0 Å². The van der Waals surface area contributed by atoms with Crippen LogP contribution >= 0.6 is 0 Å². The van der Waals surface area contributed by atoms with Crippen LogP contribution in [-0.4, -0.2) is 32.0 Å². The van der Waals surface area contributed by atoms with Gasteiger partial charge in [0.25, 0.3) is 0 Å². The molecule has 0 unspecified atom stereocenters. The van der Waals surface area contributed by atoms with E-state index in [1.807, 2.05) is 0 Å². The van der Waals surface area contributed by atoms with E-state index in [1.54, 1.807) is 0 Å². The molecule has 0 aliphatic carbocycles. The van der Waals surface area contributed by atoms with E-state index in [0.29, 0.717) is 0 Å². The van der Waals surface area contributed by atoms with Gasteiger partial charge in [0.1, 0.15) is 0 Å². The van der Waals surface area contributed by atoms with E-state index < -0.39 is 37.9 Å². The summed E-state index contributed by atoms with van der Waals surface area (Å²) in [5, 5.41) is -0.784. The van der Waals surface area contributed by atoms with Gasteiger partial charge in [-0.25, -0.2) is 0 Å². The maximum atomic E-state index is 11.1. The van der Waals surface area contributed by atoms with Crippen molar-refractivity contribution in [3.63, 3.8) is 0 Å². The zero-order valence-electron chi connectivity index (χ0n) is 6.98. The Morgan fingerprint density at radius 2 is 2.07 bits per heavy atom. The van der Waals surface area contributed by atoms with Crippen molar-refractivity contribution in [2.45, 2.75) is 5.16 Å². The minimum Gasteiger partial charge on any atom is -0.412 e. The monoisotopic (exact) mass is 316 g/mol. The summed E-state index contributed by atoms with van der Waals surface area (Å²) >= 11 is -4.47. The fourth-order valence-electron chi connectivity index (χ4n) is 0.545. The first-order chi connectivity index (χ1) is 6.42. The van der Waals surface area contributed by atoms with E-state index in [0.717, 1.165) is 6.33 Å². The summed E-state index contributed by atoms with van der Waals surface area (Å²) in [5.41, 5.74) is 5.08. The molecule has 1 aromatic rings. The van der Waals surface area contributed by atoms with Gasteiger partial charge in [-0.1, -0.05) is 0 Å². The van der Waals surface area contributed by atoms with Crippen molar-refractivity contribution >= 4 is 16.1 Å². The van der Waals surface area contributed by atoms with Crippen molar-refractivity contribution in [2.75, 3.05) is 5.73 Å². The number of rotatable bonds is 3. The van der Waals surface area contributed by atoms with Crippen LogP contribution in [0.1, 0.15) is 0 Å². The maximum Gasteiger partial charge on any atom is -0.412 e. The molecule has 12 heteroatoms. The SMILES string of the molecule is Nc1ncnc(S(=O)(=O)[O][Zr](=[O])[OH])n1.O. The Balaban J connectivity index is 0.00000196. The third-order valence-corrected chi connectivity index (χ3v) is 4.65. The summed E-state index contributed by atoms with van der Waals surface area (Å²) in [6.45, 7) is 0. The first-order valence-electron chi connectivity index (χ1n) is 3.04. The van der Waals surface area contributed by atoms with E-state index >= 15 is 0 Å². The minimum absolute atomic E-state index is 0. The summed E-state index contributed by atoms with van der Waals surface area (Å²) in [6, 6.07) is 0. The average Bonchev–Trinajstić information content (AvgIpc) is 2.01. The van der Waals surface area contributed by atoms with Gasteiger partial charge in [-0.2, -0.15) is 0 Å². The second kappa shape index (κ2) is 5.42. The summed E-state index contributed by atoms with van der Waals surface area (Å²) in [6.07, 6.45) is 0.851. The van der Waals surface area contributed by atoms with Crippen LogP contribution in [0.4, 0.5) is 5.95 Å². The Morgan fingerprint density at radius 1 is 1.47 bits per heavy atom. The Labute approximate surface area is 92.9 Å². The van der Waals surface area contributed by atoms with Crippen LogP contribution in [0.15, 0.2) is 11.5 Å². The molecule has 0 amide bonds. The number of nitrogen functional groups attached to an aromatic ring is 1. The number of hydrogen-bond donors (Lipinski definition) is 2. The van der Waals surface area contributed by atoms with Crippen molar-refractivity contribution in [1.82, 2.24) is 15.0 Å². The van der Waals surface area contributed by atoms with Crippen molar-refractivity contribution in [1.29, 1.82) is 0 Å². The van der Waals surface area contributed by atoms with E-state index in [1.165, 1.54) is 0 Å². The zero-order valence-corrected chi connectivity index (χ0v) is 10.3. The predicted octanol–water partition coefficient (Wildman–Crippen LogP) is -2.88. The fourth-order valence-corrected chi connectivity index (χ4v) is 3.12. The van der Waals surface area contributed by atoms with E-state index in [4.69, 9.17) is 8.92 Å². The van der Waals surface area contributed by atoms with Crippen molar-refractivity contribution in [3.05, 3.63) is 6.33 Å². The van der Waals surface area contributed by atoms with Gasteiger partial charge in [0.2, 0.25) is 0 Å². The topological polar surface area (TPSA) is 177 Å². The summed E-state index contributed by atoms with van der Waals surface area (Å²) in [4.78, 5) is 9.80. The molecule has 0 fully saturated rings. The number of nitrogens with zero attached hydrogens (tertiary/aromatic N) is 3. The molecule has 1 rings (SSSR count). The number of aromatic nitrogens is 3. The molecule has 0 atom stereocenters. The molecule has 0 saturated carbocycles. The second-order valence-electron chi connectivity index (χ2n) is 1.93. The Bertz CT molecular complexity index is 461. The molecule has 0 bridgehead atoms. The van der Waals surface area contributed by atoms with E-state index in [-0.39, 0.29) is 11.4 Å². The molecule has 0 aliphatic rings. The van der Waals surface area contributed by atoms with Gasteiger partial charge >= 0.3 is 87.5 Å². The maximum absolute atomic E-state index is 11.1. The normalized spacial score (nSPS) is 10.5. The van der Waals surface area contributed by atoms with Crippen LogP contribution in [0, 0.1) is 0 Å². The smallest absolute Gasteiger partial charge is 0.412 e. The van der Waals surface area contributed by atoms with E-state index in [2.05, 4.69) is 17.2 Å². The van der Waals surface area contributed by atoms with Gasteiger partial charge < -0.3 is 5.48 Å². The molecule has 0 saturated heterocycles. The largest absolute Gasteiger partial charge is 0.412 e. The van der Waals surface area contributed by atoms with Gasteiger partial charge in [0.15, 0.2) is 0 Å². The predicted molar refractivity (Wildman–Crippen MR) is 39.0 cm³/mol. The van der Waals surface area contributed by atoms with Crippen LogP contribution in [0.3, 0.4) is 0 Å². The molecule has 15 heavy (non-hydrogen) atoms. The number of anilines is 1. The third kappa shape index (κ3) is 4.14. The van der Waals surface area contributed by atoms with Gasteiger partial charge in [0.05, 0.1) is 0 Å². The summed E-state index contributed by atoms with van der Waals surface area (Å²) in [5.74, 6) is -0.323. The summed E-state index contributed by atoms with van der Waals surface area (Å²) < 4.78 is 44.6. The molecular weight excluding hydrogens is 311 g/mol. The number of hydrogen-bond acceptors (Lipinski definition) is 8. The van der Waals surface area contributed by atoms with Crippen LogP contribution in [0.2, 0.25) is 0 Å². The fraction of sp³-hybridized carbons (Fsp3) is 0. The molecule has 10 nitrogen and oxygen atoms in total. The van der Waals surface area contributed by atoms with Crippen molar-refractivity contribution < 1.29 is 44.8 Å². The molecule has 84 valence electrons. The minimum atomic E-state index is -4.47. The van der Waals surface area contributed by atoms with E-state index in [9.17, 15) is 11.2 Å². The van der Waals surface area contributed by atoms with Gasteiger partial charge in [0, 0.05) is 0 Å². The molecule has 5 N–H and O–H groups in total. The average molecular weight is 317 g/mol. The summed E-state index contributed by atoms with van der Waals surface area (Å²) in [7, 11) is -4.40.